The number of halogens is 1. The van der Waals surface area contributed by atoms with E-state index in [9.17, 15) is 14.4 Å². The first-order valence-corrected chi connectivity index (χ1v) is 14.2. The predicted octanol–water partition coefficient (Wildman–Crippen LogP) is 6.52. The number of amides is 2. The Bertz CT molecular complexity index is 1400. The first kappa shape index (κ1) is 29.5. The zero-order valence-corrected chi connectivity index (χ0v) is 24.7. The minimum atomic E-state index is -0.689. The number of ether oxygens (including phenoxy) is 2. The molecule has 0 atom stereocenters. The van der Waals surface area contributed by atoms with Crippen molar-refractivity contribution in [2.45, 2.75) is 65.8 Å². The zero-order chi connectivity index (χ0) is 29.0. The average molecular weight is 585 g/mol. The molecule has 0 radical (unpaired) electrons. The zero-order valence-electron chi connectivity index (χ0n) is 23.2. The molecular weight excluding hydrogens is 552 g/mol. The highest BCUT2D eigenvalue weighted by atomic mass is 35.5. The lowest BCUT2D eigenvalue weighted by atomic mass is 10.1. The van der Waals surface area contributed by atoms with Crippen LogP contribution in [0.2, 0.25) is 5.02 Å². The number of fused-ring (bicyclic) bond motifs is 1. The van der Waals surface area contributed by atoms with Gasteiger partial charge in [0.2, 0.25) is 0 Å². The van der Waals surface area contributed by atoms with Gasteiger partial charge in [0.15, 0.2) is 5.01 Å². The maximum absolute atomic E-state index is 13.3. The Labute approximate surface area is 242 Å². The predicted molar refractivity (Wildman–Crippen MR) is 156 cm³/mol. The van der Waals surface area contributed by atoms with E-state index in [-0.39, 0.29) is 12.2 Å². The molecule has 1 aromatic heterocycles. The Kier molecular flexibility index (Phi) is 9.12. The largest absolute Gasteiger partial charge is 0.456 e. The number of aromatic nitrogens is 1. The quantitative estimate of drug-likeness (QED) is 0.304. The third-order valence-corrected chi connectivity index (χ3v) is 7.46. The monoisotopic (exact) mass is 584 g/mol. The van der Waals surface area contributed by atoms with Gasteiger partial charge in [-0.05, 0) is 71.0 Å². The number of nitrogens with one attached hydrogen (secondary N) is 2. The highest BCUT2D eigenvalue weighted by Crippen LogP contribution is 2.28. The minimum absolute atomic E-state index is 0.151. The molecule has 9 nitrogen and oxygen atoms in total. The number of thiazole rings is 1. The van der Waals surface area contributed by atoms with Gasteiger partial charge in [-0.25, -0.2) is 14.6 Å². The summed E-state index contributed by atoms with van der Waals surface area (Å²) in [6.45, 7) is 11.1. The van der Waals surface area contributed by atoms with E-state index in [0.29, 0.717) is 33.0 Å². The first-order valence-electron chi connectivity index (χ1n) is 13.0. The van der Waals surface area contributed by atoms with Crippen LogP contribution in [0.5, 0.6) is 0 Å². The van der Waals surface area contributed by atoms with Gasteiger partial charge in [-0.3, -0.25) is 15.0 Å². The number of carbonyl (C=O) groups is 3. The van der Waals surface area contributed by atoms with Crippen molar-refractivity contribution < 1.29 is 23.9 Å². The summed E-state index contributed by atoms with van der Waals surface area (Å²) < 4.78 is 10.9. The van der Waals surface area contributed by atoms with E-state index in [1.165, 1.54) is 17.4 Å². The van der Waals surface area contributed by atoms with Gasteiger partial charge >= 0.3 is 12.1 Å². The molecule has 4 rings (SSSR count). The summed E-state index contributed by atoms with van der Waals surface area (Å²) in [5.41, 5.74) is 1.85. The minimum Gasteiger partial charge on any atom is -0.456 e. The normalized spacial score (nSPS) is 13.5. The third-order valence-electron chi connectivity index (χ3n) is 6.13. The third kappa shape index (κ3) is 7.80. The van der Waals surface area contributed by atoms with E-state index in [4.69, 9.17) is 21.1 Å². The lowest BCUT2D eigenvalue weighted by Crippen LogP contribution is -2.35. The van der Waals surface area contributed by atoms with Crippen LogP contribution in [0.15, 0.2) is 42.5 Å². The summed E-state index contributed by atoms with van der Waals surface area (Å²) in [4.78, 5) is 46.4. The molecule has 3 aromatic rings. The number of carbonyl (C=O) groups excluding carboxylic acids is 3. The number of benzene rings is 2. The number of esters is 1. The molecule has 0 spiro atoms. The van der Waals surface area contributed by atoms with Gasteiger partial charge in [0.1, 0.15) is 12.2 Å². The van der Waals surface area contributed by atoms with E-state index in [1.807, 2.05) is 0 Å². The van der Waals surface area contributed by atoms with Gasteiger partial charge < -0.3 is 14.8 Å². The Morgan fingerprint density at radius 2 is 1.82 bits per heavy atom. The fourth-order valence-electron chi connectivity index (χ4n) is 4.04. The van der Waals surface area contributed by atoms with Crippen molar-refractivity contribution in [3.8, 4) is 0 Å². The Hall–Kier alpha value is -3.47. The van der Waals surface area contributed by atoms with Crippen LogP contribution >= 0.6 is 22.9 Å². The Morgan fingerprint density at radius 3 is 2.50 bits per heavy atom. The van der Waals surface area contributed by atoms with Crippen molar-refractivity contribution in [3.63, 3.8) is 0 Å². The second-order valence-electron chi connectivity index (χ2n) is 10.7. The molecule has 1 aliphatic heterocycles. The van der Waals surface area contributed by atoms with Crippen molar-refractivity contribution in [1.82, 2.24) is 9.88 Å². The van der Waals surface area contributed by atoms with Crippen LogP contribution in [0.4, 0.5) is 16.2 Å². The van der Waals surface area contributed by atoms with Crippen molar-refractivity contribution in [1.29, 1.82) is 0 Å². The number of nitrogens with zero attached hydrogens (tertiary/aromatic N) is 2. The molecule has 2 N–H and O–H groups in total. The molecule has 2 heterocycles. The topological polar surface area (TPSA) is 110 Å². The second-order valence-corrected chi connectivity index (χ2v) is 12.3. The number of rotatable bonds is 7. The maximum Gasteiger partial charge on any atom is 0.411 e. The highest BCUT2D eigenvalue weighted by molar-refractivity contribution is 7.13. The fraction of sp³-hybridized carbons (Fsp3) is 0.379. The van der Waals surface area contributed by atoms with Crippen LogP contribution in [0.1, 0.15) is 70.9 Å². The molecule has 0 saturated heterocycles. The van der Waals surface area contributed by atoms with Crippen molar-refractivity contribution in [3.05, 3.63) is 74.2 Å². The van der Waals surface area contributed by atoms with Crippen LogP contribution in [-0.2, 0) is 29.0 Å². The summed E-state index contributed by atoms with van der Waals surface area (Å²) >= 11 is 7.26. The molecule has 2 amide bonds. The molecular formula is C29H33ClN4O5S. The van der Waals surface area contributed by atoms with Gasteiger partial charge in [-0.1, -0.05) is 17.7 Å². The van der Waals surface area contributed by atoms with Crippen LogP contribution in [-0.4, -0.2) is 46.0 Å². The van der Waals surface area contributed by atoms with E-state index in [0.717, 1.165) is 30.1 Å². The molecule has 40 heavy (non-hydrogen) atoms. The van der Waals surface area contributed by atoms with Crippen LogP contribution in [0.25, 0.3) is 0 Å². The molecule has 0 bridgehead atoms. The smallest absolute Gasteiger partial charge is 0.411 e. The van der Waals surface area contributed by atoms with Crippen LogP contribution in [0, 0.1) is 0 Å². The first-order chi connectivity index (χ1) is 18.9. The highest BCUT2D eigenvalue weighted by Gasteiger charge is 2.25. The van der Waals surface area contributed by atoms with Crippen molar-refractivity contribution in [2.75, 3.05) is 17.2 Å². The van der Waals surface area contributed by atoms with E-state index in [2.05, 4.69) is 34.4 Å². The second kappa shape index (κ2) is 12.4. The molecule has 212 valence electrons. The molecule has 1 aliphatic rings. The lowest BCUT2D eigenvalue weighted by Gasteiger charge is -2.29. The van der Waals surface area contributed by atoms with Gasteiger partial charge in [0.25, 0.3) is 5.91 Å². The van der Waals surface area contributed by atoms with E-state index in [1.54, 1.807) is 57.2 Å². The van der Waals surface area contributed by atoms with Gasteiger partial charge in [0, 0.05) is 52.4 Å². The van der Waals surface area contributed by atoms with Gasteiger partial charge in [0.05, 0.1) is 11.3 Å². The van der Waals surface area contributed by atoms with E-state index >= 15 is 0 Å². The number of anilines is 2. The van der Waals surface area contributed by atoms with Crippen LogP contribution in [0.3, 0.4) is 0 Å². The molecule has 2 aromatic carbocycles. The molecule has 11 heteroatoms. The maximum atomic E-state index is 13.3. The Balaban J connectivity index is 1.52. The summed E-state index contributed by atoms with van der Waals surface area (Å²) in [6, 6.07) is 11.7. The summed E-state index contributed by atoms with van der Waals surface area (Å²) in [5.74, 6) is -0.932. The Morgan fingerprint density at radius 1 is 1.10 bits per heavy atom. The summed E-state index contributed by atoms with van der Waals surface area (Å²) in [5, 5.41) is 6.38. The molecule has 0 unspecified atom stereocenters. The standard InChI is InChI=1S/C29H33ClN4O5S/c1-17(2)34-13-12-22-24(15-34)40-26(33-22)25(35)32-23-14-18(27(36)39-29(3,4)5)6-7-19(23)16-38-28(37)31-21-10-8-20(30)9-11-21/h6-11,14,17H,12-13,15-16H2,1-5H3,(H,31,37)(H,32,35). The van der Waals surface area contributed by atoms with Gasteiger partial charge in [-0.15, -0.1) is 11.3 Å². The lowest BCUT2D eigenvalue weighted by molar-refractivity contribution is 0.00692. The molecule has 0 fully saturated rings. The summed E-state index contributed by atoms with van der Waals surface area (Å²) in [7, 11) is 0. The SMILES string of the molecule is CC(C)N1CCc2nc(C(=O)Nc3cc(C(=O)OC(C)(C)C)ccc3COC(=O)Nc3ccc(Cl)cc3)sc2C1. The average Bonchev–Trinajstić information content (AvgIpc) is 3.32. The van der Waals surface area contributed by atoms with Crippen LogP contribution < -0.4 is 10.6 Å². The molecule has 0 aliphatic carbocycles. The summed E-state index contributed by atoms with van der Waals surface area (Å²) in [6.07, 6.45) is 0.103. The van der Waals surface area contributed by atoms with Gasteiger partial charge in [-0.2, -0.15) is 0 Å². The number of hydrogen-bond donors (Lipinski definition) is 2. The van der Waals surface area contributed by atoms with E-state index < -0.39 is 23.6 Å². The molecule has 0 saturated carbocycles. The van der Waals surface area contributed by atoms with Crippen molar-refractivity contribution in [2.24, 2.45) is 0 Å². The fourth-order valence-corrected chi connectivity index (χ4v) is 5.20. The number of hydrogen-bond acceptors (Lipinski definition) is 8. The van der Waals surface area contributed by atoms with Crippen molar-refractivity contribution >= 4 is 52.3 Å².